The number of primary amides is 1. The van der Waals surface area contributed by atoms with E-state index in [0.717, 1.165) is 4.90 Å². The normalized spacial score (nSPS) is 12.2. The topological polar surface area (TPSA) is 122 Å². The van der Waals surface area contributed by atoms with Crippen LogP contribution in [0.15, 0.2) is 0 Å². The van der Waals surface area contributed by atoms with Gasteiger partial charge in [0.15, 0.2) is 0 Å². The zero-order valence-electron chi connectivity index (χ0n) is 10.5. The van der Waals surface area contributed by atoms with Gasteiger partial charge in [0.25, 0.3) is 0 Å². The average molecular weight is 261 g/mol. The molecule has 0 aromatic carbocycles. The molecular formula is C10H19N3O5. The molecule has 0 bridgehead atoms. The Morgan fingerprint density at radius 3 is 2.39 bits per heavy atom. The molecule has 1 unspecified atom stereocenters. The number of aliphatic carboxylic acids is 1. The van der Waals surface area contributed by atoms with Crippen molar-refractivity contribution in [2.24, 2.45) is 5.73 Å². The second kappa shape index (κ2) is 8.43. The van der Waals surface area contributed by atoms with Crippen LogP contribution >= 0.6 is 0 Å². The Morgan fingerprint density at radius 1 is 1.33 bits per heavy atom. The van der Waals surface area contributed by atoms with Gasteiger partial charge in [0.2, 0.25) is 11.8 Å². The number of rotatable bonds is 9. The summed E-state index contributed by atoms with van der Waals surface area (Å²) in [5, 5.41) is 11.2. The van der Waals surface area contributed by atoms with Gasteiger partial charge in [-0.1, -0.05) is 0 Å². The Hall–Kier alpha value is -1.67. The lowest BCUT2D eigenvalue weighted by atomic mass is 10.3. The van der Waals surface area contributed by atoms with Gasteiger partial charge in [-0.15, -0.1) is 0 Å². The van der Waals surface area contributed by atoms with Crippen molar-refractivity contribution in [1.29, 1.82) is 0 Å². The first kappa shape index (κ1) is 16.3. The molecule has 8 heteroatoms. The predicted molar refractivity (Wildman–Crippen MR) is 62.8 cm³/mol. The van der Waals surface area contributed by atoms with E-state index in [2.05, 4.69) is 5.32 Å². The molecule has 0 aliphatic rings. The standard InChI is InChI=1S/C10H19N3O5/c1-7(6-18-2)12-9(15)4-13(3-8(11)14)5-10(16)17/h7H,3-6H2,1-2H3,(H2,11,14)(H,12,15)(H,16,17). The summed E-state index contributed by atoms with van der Waals surface area (Å²) in [5.41, 5.74) is 4.97. The quantitative estimate of drug-likeness (QED) is 0.441. The number of carboxylic acid groups (broad SMARTS) is 1. The molecule has 0 aromatic heterocycles. The first-order valence-electron chi connectivity index (χ1n) is 5.36. The van der Waals surface area contributed by atoms with Gasteiger partial charge in [-0.25, -0.2) is 0 Å². The maximum absolute atomic E-state index is 11.5. The number of carboxylic acids is 1. The zero-order valence-corrected chi connectivity index (χ0v) is 10.5. The maximum Gasteiger partial charge on any atom is 0.317 e. The molecule has 0 spiro atoms. The van der Waals surface area contributed by atoms with Gasteiger partial charge < -0.3 is 20.9 Å². The van der Waals surface area contributed by atoms with Crippen molar-refractivity contribution in [2.45, 2.75) is 13.0 Å². The van der Waals surface area contributed by atoms with Gasteiger partial charge in [0.05, 0.1) is 26.2 Å². The Balaban J connectivity index is 4.25. The maximum atomic E-state index is 11.5. The third-order valence-electron chi connectivity index (χ3n) is 1.93. The lowest BCUT2D eigenvalue weighted by Gasteiger charge is -2.19. The third-order valence-corrected chi connectivity index (χ3v) is 1.93. The number of hydrogen-bond acceptors (Lipinski definition) is 5. The van der Waals surface area contributed by atoms with Crippen molar-refractivity contribution >= 4 is 17.8 Å². The van der Waals surface area contributed by atoms with Gasteiger partial charge in [-0.2, -0.15) is 0 Å². The number of carbonyl (C=O) groups excluding carboxylic acids is 2. The van der Waals surface area contributed by atoms with Crippen LogP contribution in [0.1, 0.15) is 6.92 Å². The smallest absolute Gasteiger partial charge is 0.317 e. The van der Waals surface area contributed by atoms with Crippen molar-refractivity contribution in [3.05, 3.63) is 0 Å². The molecule has 0 radical (unpaired) electrons. The van der Waals surface area contributed by atoms with Crippen LogP contribution < -0.4 is 11.1 Å². The second-order valence-electron chi connectivity index (χ2n) is 3.93. The zero-order chi connectivity index (χ0) is 14.1. The first-order chi connectivity index (χ1) is 8.35. The first-order valence-corrected chi connectivity index (χ1v) is 5.36. The van der Waals surface area contributed by atoms with Crippen LogP contribution in [0.5, 0.6) is 0 Å². The molecular weight excluding hydrogens is 242 g/mol. The Morgan fingerprint density at radius 2 is 1.94 bits per heavy atom. The molecule has 0 aromatic rings. The molecule has 18 heavy (non-hydrogen) atoms. The number of ether oxygens (including phenoxy) is 1. The summed E-state index contributed by atoms with van der Waals surface area (Å²) in [6, 6.07) is -0.192. The summed E-state index contributed by atoms with van der Waals surface area (Å²) < 4.78 is 4.84. The van der Waals surface area contributed by atoms with Gasteiger partial charge >= 0.3 is 5.97 Å². The van der Waals surface area contributed by atoms with Gasteiger partial charge in [-0.05, 0) is 6.92 Å². The van der Waals surface area contributed by atoms with E-state index in [1.807, 2.05) is 0 Å². The van der Waals surface area contributed by atoms with Gasteiger partial charge in [-0.3, -0.25) is 19.3 Å². The molecule has 2 amide bonds. The highest BCUT2D eigenvalue weighted by Crippen LogP contribution is 1.90. The Kier molecular flexibility index (Phi) is 7.64. The van der Waals surface area contributed by atoms with E-state index in [9.17, 15) is 14.4 Å². The van der Waals surface area contributed by atoms with E-state index in [-0.39, 0.29) is 25.0 Å². The lowest BCUT2D eigenvalue weighted by Crippen LogP contribution is -2.46. The number of nitrogens with two attached hydrogens (primary N) is 1. The fourth-order valence-corrected chi connectivity index (χ4v) is 1.39. The highest BCUT2D eigenvalue weighted by Gasteiger charge is 2.17. The number of carbonyl (C=O) groups is 3. The number of nitrogens with one attached hydrogen (secondary N) is 1. The fraction of sp³-hybridized carbons (Fsp3) is 0.700. The van der Waals surface area contributed by atoms with Gasteiger partial charge in [0, 0.05) is 13.2 Å². The van der Waals surface area contributed by atoms with Crippen molar-refractivity contribution in [1.82, 2.24) is 10.2 Å². The summed E-state index contributed by atoms with van der Waals surface area (Å²) in [4.78, 5) is 34.0. The Bertz CT molecular complexity index is 292. The number of methoxy groups -OCH3 is 1. The third kappa shape index (κ3) is 8.48. The largest absolute Gasteiger partial charge is 0.480 e. The molecule has 0 heterocycles. The van der Waals surface area contributed by atoms with Crippen molar-refractivity contribution in [2.75, 3.05) is 33.4 Å². The molecule has 8 nitrogen and oxygen atoms in total. The summed E-state index contributed by atoms with van der Waals surface area (Å²) in [6.45, 7) is 1.19. The molecule has 1 atom stereocenters. The van der Waals surface area contributed by atoms with Crippen LogP contribution in [0.25, 0.3) is 0 Å². The van der Waals surface area contributed by atoms with E-state index < -0.39 is 18.4 Å². The highest BCUT2D eigenvalue weighted by atomic mass is 16.5. The average Bonchev–Trinajstić information content (AvgIpc) is 2.14. The number of nitrogens with zero attached hydrogens (tertiary/aromatic N) is 1. The SMILES string of the molecule is COCC(C)NC(=O)CN(CC(N)=O)CC(=O)O. The molecule has 0 aliphatic heterocycles. The lowest BCUT2D eigenvalue weighted by molar-refractivity contribution is -0.139. The monoisotopic (exact) mass is 261 g/mol. The van der Waals surface area contributed by atoms with Crippen LogP contribution in [0.2, 0.25) is 0 Å². The van der Waals surface area contributed by atoms with Crippen molar-refractivity contribution in [3.8, 4) is 0 Å². The van der Waals surface area contributed by atoms with E-state index in [1.54, 1.807) is 6.92 Å². The molecule has 0 rings (SSSR count). The van der Waals surface area contributed by atoms with E-state index in [1.165, 1.54) is 7.11 Å². The van der Waals surface area contributed by atoms with Gasteiger partial charge in [0.1, 0.15) is 0 Å². The number of hydrogen-bond donors (Lipinski definition) is 3. The summed E-state index contributed by atoms with van der Waals surface area (Å²) in [7, 11) is 1.51. The van der Waals surface area contributed by atoms with Crippen LogP contribution in [-0.2, 0) is 19.1 Å². The molecule has 0 saturated heterocycles. The van der Waals surface area contributed by atoms with Crippen molar-refractivity contribution in [3.63, 3.8) is 0 Å². The molecule has 104 valence electrons. The summed E-state index contributed by atoms with van der Waals surface area (Å²) >= 11 is 0. The minimum atomic E-state index is -1.13. The predicted octanol–water partition coefficient (Wildman–Crippen LogP) is -1.99. The second-order valence-corrected chi connectivity index (χ2v) is 3.93. The van der Waals surface area contributed by atoms with E-state index in [0.29, 0.717) is 6.61 Å². The fourth-order valence-electron chi connectivity index (χ4n) is 1.39. The van der Waals surface area contributed by atoms with Crippen molar-refractivity contribution < 1.29 is 24.2 Å². The Labute approximate surface area is 105 Å². The number of amides is 2. The van der Waals surface area contributed by atoms with Crippen LogP contribution in [0.4, 0.5) is 0 Å². The van der Waals surface area contributed by atoms with Crippen LogP contribution in [-0.4, -0.2) is 67.2 Å². The molecule has 4 N–H and O–H groups in total. The molecule has 0 fully saturated rings. The highest BCUT2D eigenvalue weighted by molar-refractivity contribution is 5.81. The minimum absolute atomic E-state index is 0.192. The van der Waals surface area contributed by atoms with E-state index >= 15 is 0 Å². The van der Waals surface area contributed by atoms with E-state index in [4.69, 9.17) is 15.6 Å². The summed E-state index contributed by atoms with van der Waals surface area (Å²) in [6.07, 6.45) is 0. The molecule has 0 aliphatic carbocycles. The molecule has 0 saturated carbocycles. The van der Waals surface area contributed by atoms with Crippen LogP contribution in [0.3, 0.4) is 0 Å². The minimum Gasteiger partial charge on any atom is -0.480 e. The summed E-state index contributed by atoms with van der Waals surface area (Å²) in [5.74, 6) is -2.20. The van der Waals surface area contributed by atoms with Crippen LogP contribution in [0, 0.1) is 0 Å².